The minimum absolute atomic E-state index is 0. The monoisotopic (exact) mass is 965 g/mol. The van der Waals surface area contributed by atoms with Gasteiger partial charge in [-0.15, -0.1) is 0 Å². The van der Waals surface area contributed by atoms with Gasteiger partial charge in [0.05, 0.1) is 0 Å². The Morgan fingerprint density at radius 1 is 0.226 bits per heavy atom. The van der Waals surface area contributed by atoms with E-state index in [2.05, 4.69) is 20.8 Å². The second-order valence-electron chi connectivity index (χ2n) is 18.2. The summed E-state index contributed by atoms with van der Waals surface area (Å²) in [6.07, 6.45) is 59.6. The van der Waals surface area contributed by atoms with Gasteiger partial charge in [-0.3, -0.25) is 0 Å². The smallest absolute Gasteiger partial charge is 0.550 e. The third-order valence-electron chi connectivity index (χ3n) is 12.0. The topological polar surface area (TPSA) is 120 Å². The van der Waals surface area contributed by atoms with Gasteiger partial charge in [-0.2, -0.15) is 0 Å². The van der Waals surface area contributed by atoms with Gasteiger partial charge in [-0.05, 0) is 38.5 Å². The molecule has 0 aromatic rings. The van der Waals surface area contributed by atoms with E-state index in [-0.39, 0.29) is 53.1 Å². The van der Waals surface area contributed by atoms with Gasteiger partial charge in [0, 0.05) is 34.7 Å². The fraction of sp³-hybridized carbons (Fsp3) is 0.944. The number of aliphatic carboxylic acids is 3. The summed E-state index contributed by atoms with van der Waals surface area (Å²) in [7, 11) is 0. The van der Waals surface area contributed by atoms with E-state index in [1.54, 1.807) is 0 Å². The Hall–Kier alpha value is -0.564. The summed E-state index contributed by atoms with van der Waals surface area (Å²) in [6, 6.07) is 0. The molecule has 8 heteroatoms. The van der Waals surface area contributed by atoms with Gasteiger partial charge >= 0.3 is 17.1 Å². The van der Waals surface area contributed by atoms with Crippen molar-refractivity contribution in [1.29, 1.82) is 0 Å². The van der Waals surface area contributed by atoms with Crippen molar-refractivity contribution in [1.82, 2.24) is 0 Å². The van der Waals surface area contributed by atoms with Crippen LogP contribution < -0.4 is 15.3 Å². The van der Waals surface area contributed by atoms with Crippen molar-refractivity contribution in [2.24, 2.45) is 0 Å². The molecule has 0 aromatic heterocycles. The van der Waals surface area contributed by atoms with E-state index in [1.807, 2.05) is 0 Å². The average Bonchev–Trinajstić information content (AvgIpc) is 3.22. The second-order valence-corrected chi connectivity index (χ2v) is 18.2. The number of rotatable bonds is 48. The van der Waals surface area contributed by atoms with Gasteiger partial charge in [-0.1, -0.05) is 290 Å². The molecule has 6 nitrogen and oxygen atoms in total. The molecule has 0 unspecified atom stereocenters. The molecule has 0 N–H and O–H groups in total. The van der Waals surface area contributed by atoms with Crippen molar-refractivity contribution in [2.75, 3.05) is 0 Å². The second kappa shape index (κ2) is 67.0. The standard InChI is InChI=1S/3C18H36O2.Co.Fe/c3*1-2-3-4-5-6-7-8-9-10-11-12-13-14-15-16-17-18(19)20;;/h3*2-17H2,1H3,(H,19,20);;/q;;;;+3/p-3. The van der Waals surface area contributed by atoms with Crippen LogP contribution in [0.2, 0.25) is 0 Å². The van der Waals surface area contributed by atoms with Crippen LogP contribution in [0.25, 0.3) is 0 Å². The SMILES string of the molecule is CCCCCCCCCCCCCCCCCC(=O)[O-].CCCCCCCCCCCCCCCCCC(=O)[O-].CCCCCCCCCCCCCCCCCC(=O)[O-].[Co].[Fe+3]. The molecule has 0 rings (SSSR count). The maximum atomic E-state index is 10.2. The van der Waals surface area contributed by atoms with Crippen molar-refractivity contribution in [3.05, 3.63) is 0 Å². The summed E-state index contributed by atoms with van der Waals surface area (Å²) in [5, 5.41) is 30.7. The Balaban J connectivity index is -0.000000258. The molecule has 0 aliphatic heterocycles. The molecule has 2 radical (unpaired) electrons. The van der Waals surface area contributed by atoms with Crippen LogP contribution in [0.1, 0.15) is 329 Å². The van der Waals surface area contributed by atoms with E-state index in [9.17, 15) is 29.7 Å². The summed E-state index contributed by atoms with van der Waals surface area (Å²) in [4.78, 5) is 30.7. The summed E-state index contributed by atoms with van der Waals surface area (Å²) >= 11 is 0. The van der Waals surface area contributed by atoms with Crippen LogP contribution in [0, 0.1) is 0 Å². The van der Waals surface area contributed by atoms with E-state index in [0.29, 0.717) is 0 Å². The van der Waals surface area contributed by atoms with Gasteiger partial charge in [0.1, 0.15) is 0 Å². The van der Waals surface area contributed by atoms with E-state index < -0.39 is 17.9 Å². The molecule has 0 aliphatic carbocycles. The Labute approximate surface area is 408 Å². The molecule has 0 saturated carbocycles. The fourth-order valence-corrected chi connectivity index (χ4v) is 7.92. The number of carboxylic acid groups (broad SMARTS) is 3. The minimum Gasteiger partial charge on any atom is -0.550 e. The summed E-state index contributed by atoms with van der Waals surface area (Å²) in [5.41, 5.74) is 0. The first kappa shape index (κ1) is 70.5. The zero-order valence-corrected chi connectivity index (χ0v) is 43.7. The molecule has 0 aromatic carbocycles. The largest absolute Gasteiger partial charge is 3.00 e. The molecular formula is C54H105CoFeO6. The van der Waals surface area contributed by atoms with E-state index >= 15 is 0 Å². The fourth-order valence-electron chi connectivity index (χ4n) is 7.92. The van der Waals surface area contributed by atoms with E-state index in [4.69, 9.17) is 0 Å². The normalized spacial score (nSPS) is 10.5. The van der Waals surface area contributed by atoms with Crippen molar-refractivity contribution in [2.45, 2.75) is 329 Å². The number of carbonyl (C=O) groups excluding carboxylic acids is 3. The first-order valence-electron chi connectivity index (χ1n) is 26.9. The predicted octanol–water partition coefficient (Wildman–Crippen LogP) is 15.0. The molecule has 374 valence electrons. The third kappa shape index (κ3) is 79.8. The molecule has 0 heterocycles. The molecule has 0 saturated heterocycles. The first-order valence-corrected chi connectivity index (χ1v) is 26.9. The van der Waals surface area contributed by atoms with Crippen LogP contribution >= 0.6 is 0 Å². The van der Waals surface area contributed by atoms with Crippen molar-refractivity contribution in [3.63, 3.8) is 0 Å². The van der Waals surface area contributed by atoms with Crippen LogP contribution in [0.4, 0.5) is 0 Å². The van der Waals surface area contributed by atoms with Gasteiger partial charge < -0.3 is 29.7 Å². The van der Waals surface area contributed by atoms with Crippen LogP contribution in [-0.4, -0.2) is 17.9 Å². The Kier molecular flexibility index (Phi) is 76.2. The van der Waals surface area contributed by atoms with Crippen molar-refractivity contribution in [3.8, 4) is 0 Å². The Morgan fingerprint density at radius 2 is 0.323 bits per heavy atom. The zero-order chi connectivity index (χ0) is 44.7. The van der Waals surface area contributed by atoms with E-state index in [1.165, 1.54) is 250 Å². The third-order valence-corrected chi connectivity index (χ3v) is 12.0. The van der Waals surface area contributed by atoms with Crippen LogP contribution in [0.15, 0.2) is 0 Å². The quantitative estimate of drug-likeness (QED) is 0.0442. The zero-order valence-electron chi connectivity index (χ0n) is 41.6. The molecule has 0 amide bonds. The molecule has 0 atom stereocenters. The molecule has 0 bridgehead atoms. The van der Waals surface area contributed by atoms with Crippen LogP contribution in [-0.2, 0) is 48.2 Å². The van der Waals surface area contributed by atoms with Crippen LogP contribution in [0.5, 0.6) is 0 Å². The first-order chi connectivity index (χ1) is 29.3. The maximum Gasteiger partial charge on any atom is 3.00 e. The number of carboxylic acids is 3. The predicted molar refractivity (Wildman–Crippen MR) is 254 cm³/mol. The number of unbranched alkanes of at least 4 members (excludes halogenated alkanes) is 42. The van der Waals surface area contributed by atoms with E-state index in [0.717, 1.165) is 38.5 Å². The summed E-state index contributed by atoms with van der Waals surface area (Å²) in [6.45, 7) is 6.80. The number of hydrogen-bond acceptors (Lipinski definition) is 6. The van der Waals surface area contributed by atoms with Gasteiger partial charge in [0.2, 0.25) is 0 Å². The molecule has 0 aliphatic rings. The molecule has 62 heavy (non-hydrogen) atoms. The van der Waals surface area contributed by atoms with Crippen LogP contribution in [0.3, 0.4) is 0 Å². The van der Waals surface area contributed by atoms with Gasteiger partial charge in [0.15, 0.2) is 0 Å². The average molecular weight is 965 g/mol. The molecule has 0 spiro atoms. The minimum atomic E-state index is -0.903. The van der Waals surface area contributed by atoms with Gasteiger partial charge in [0.25, 0.3) is 0 Å². The molecular weight excluding hydrogens is 859 g/mol. The number of carbonyl (C=O) groups is 3. The summed E-state index contributed by atoms with van der Waals surface area (Å²) < 4.78 is 0. The molecule has 0 fully saturated rings. The van der Waals surface area contributed by atoms with Crippen molar-refractivity contribution >= 4 is 17.9 Å². The van der Waals surface area contributed by atoms with Gasteiger partial charge in [-0.25, -0.2) is 0 Å². The Morgan fingerprint density at radius 3 is 0.419 bits per heavy atom. The maximum absolute atomic E-state index is 10.2. The summed E-state index contributed by atoms with van der Waals surface area (Å²) in [5.74, 6) is -2.71. The number of hydrogen-bond donors (Lipinski definition) is 0. The Bertz CT molecular complexity index is 724. The van der Waals surface area contributed by atoms with Crippen molar-refractivity contribution < 1.29 is 63.6 Å².